The molecule has 93 heavy (non-hydrogen) atoms. The molecule has 2 fully saturated rings. The van der Waals surface area contributed by atoms with Crippen LogP contribution in [-0.4, -0.2) is 134 Å². The third-order valence-corrected chi connectivity index (χ3v) is 19.5. The second-order valence-electron chi connectivity index (χ2n) is 30.9. The molecular weight excluding hydrogens is 1220 g/mol. The van der Waals surface area contributed by atoms with Gasteiger partial charge in [0.1, 0.15) is 17.6 Å². The van der Waals surface area contributed by atoms with Crippen LogP contribution in [0.15, 0.2) is 18.2 Å². The highest BCUT2D eigenvalue weighted by molar-refractivity contribution is 8.76. The number of fused-ring (bicyclic) bond motifs is 1. The number of benzene rings is 1. The first-order valence-electron chi connectivity index (χ1n) is 34.3. The van der Waals surface area contributed by atoms with Crippen molar-refractivity contribution in [2.75, 3.05) is 18.1 Å². The zero-order chi connectivity index (χ0) is 72.0. The van der Waals surface area contributed by atoms with Gasteiger partial charge in [0, 0.05) is 90.7 Å². The number of carbonyl (C=O) groups is 11. The summed E-state index contributed by atoms with van der Waals surface area (Å²) in [6, 6.07) is -1.26. The number of phenolic OH excluding ortho intramolecular Hbond substituents is 1. The quantitative estimate of drug-likeness (QED) is 0.0589. The second-order valence-corrected chi connectivity index (χ2v) is 33.4. The topological polar surface area (TPSA) is 271 Å². The predicted octanol–water partition coefficient (Wildman–Crippen LogP) is 11.7. The Kier molecular flexibility index (Phi) is 35.8. The van der Waals surface area contributed by atoms with Crippen molar-refractivity contribution in [3.05, 3.63) is 29.3 Å². The predicted molar refractivity (Wildman–Crippen MR) is 377 cm³/mol. The lowest BCUT2D eigenvalue weighted by Gasteiger charge is -2.35. The first kappa shape index (κ1) is 86.1. The van der Waals surface area contributed by atoms with Gasteiger partial charge in [-0.3, -0.25) is 52.7 Å². The summed E-state index contributed by atoms with van der Waals surface area (Å²) in [5, 5.41) is 25.5. The smallest absolute Gasteiger partial charge is 0.246 e. The van der Waals surface area contributed by atoms with Gasteiger partial charge in [0.05, 0.1) is 30.2 Å². The standard InChI is InChI=1S/C69H112N6O12S2.2C2H6/c1-22-40(5)59(58(81)28-42(7)60(82)68(16,17)18)73-61(83)43(8)29-55(78)50-36-88-89-37-51(72-64(86)48(67(13,14)15)33-56(79)49(34-66(10,11)12)74-69(19,20)21)65(87)75-35-39(4)26-52(75)57(80)32-47(30-45-23-24-53(76)41(6)27-45)62(84)70-44(9)54(77)31-46(25-38(2)3)63(85)71-50;2*1-2/h23-24,27,38-40,42-44,46-52,59,74,76H,22,25-26,28-37H2,1-21H3,(H,70,84)(H,71,85)(H,72,86)(H,73,83);2*1-2H3/t39-,40?,42-,43-,44+,46-,47-,48?,49+,50+,51+,52+,59+;;/m1../s1. The Morgan fingerprint density at radius 1 is 0.720 bits per heavy atom. The minimum atomic E-state index is -1.27. The number of ketones is 6. The molecule has 6 N–H and O–H groups in total. The number of nitrogens with one attached hydrogen (secondary N) is 5. The van der Waals surface area contributed by atoms with E-state index in [0.717, 1.165) is 21.6 Å². The number of aromatic hydroxyl groups is 1. The number of rotatable bonds is 22. The van der Waals surface area contributed by atoms with Crippen LogP contribution in [0.4, 0.5) is 0 Å². The van der Waals surface area contributed by atoms with E-state index in [0.29, 0.717) is 24.0 Å². The van der Waals surface area contributed by atoms with Crippen LogP contribution in [0.3, 0.4) is 0 Å². The molecule has 0 aliphatic carbocycles. The van der Waals surface area contributed by atoms with E-state index in [1.807, 2.05) is 125 Å². The van der Waals surface area contributed by atoms with E-state index in [1.54, 1.807) is 53.7 Å². The Morgan fingerprint density at radius 3 is 1.82 bits per heavy atom. The van der Waals surface area contributed by atoms with Crippen LogP contribution in [0.2, 0.25) is 0 Å². The summed E-state index contributed by atoms with van der Waals surface area (Å²) < 4.78 is 0. The van der Waals surface area contributed by atoms with Gasteiger partial charge in [0.15, 0.2) is 28.9 Å². The first-order chi connectivity index (χ1) is 42.8. The van der Waals surface area contributed by atoms with Crippen molar-refractivity contribution in [1.82, 2.24) is 31.5 Å². The molecule has 13 atom stereocenters. The van der Waals surface area contributed by atoms with Crippen molar-refractivity contribution in [2.24, 2.45) is 63.6 Å². The van der Waals surface area contributed by atoms with Crippen LogP contribution in [0.1, 0.15) is 235 Å². The summed E-state index contributed by atoms with van der Waals surface area (Å²) in [5.41, 5.74) is -0.926. The van der Waals surface area contributed by atoms with Crippen molar-refractivity contribution >= 4 is 85.8 Å². The van der Waals surface area contributed by atoms with Crippen LogP contribution in [0.25, 0.3) is 0 Å². The number of carbonyl (C=O) groups excluding carboxylic acids is 11. The van der Waals surface area contributed by atoms with Crippen molar-refractivity contribution in [2.45, 2.75) is 279 Å². The fourth-order valence-electron chi connectivity index (χ4n) is 11.8. The molecule has 0 saturated carbocycles. The molecule has 2 saturated heterocycles. The number of nitrogens with zero attached hydrogens (tertiary/aromatic N) is 1. The van der Waals surface area contributed by atoms with E-state index in [2.05, 4.69) is 26.6 Å². The van der Waals surface area contributed by atoms with Crippen LogP contribution in [0, 0.1) is 70.5 Å². The minimum absolute atomic E-state index is 0.0426. The average molecular weight is 1340 g/mol. The molecule has 2 aliphatic heterocycles. The van der Waals surface area contributed by atoms with Crippen LogP contribution in [-0.2, 0) is 59.2 Å². The van der Waals surface area contributed by atoms with Gasteiger partial charge >= 0.3 is 0 Å². The van der Waals surface area contributed by atoms with Crippen molar-refractivity contribution in [3.8, 4) is 5.75 Å². The summed E-state index contributed by atoms with van der Waals surface area (Å²) in [6.07, 6.45) is 0.390. The fourth-order valence-corrected chi connectivity index (χ4v) is 14.2. The summed E-state index contributed by atoms with van der Waals surface area (Å²) in [5.74, 6) is -9.96. The molecule has 0 bridgehead atoms. The van der Waals surface area contributed by atoms with Gasteiger partial charge in [-0.05, 0) is 106 Å². The highest BCUT2D eigenvalue weighted by atomic mass is 33.1. The molecule has 5 amide bonds. The molecule has 0 radical (unpaired) electrons. The third-order valence-electron chi connectivity index (χ3n) is 17.1. The van der Waals surface area contributed by atoms with E-state index >= 15 is 9.59 Å². The van der Waals surface area contributed by atoms with Crippen LogP contribution in [0.5, 0.6) is 5.75 Å². The zero-order valence-corrected chi connectivity index (χ0v) is 63.3. The zero-order valence-electron chi connectivity index (χ0n) is 61.7. The number of hydrogen-bond acceptors (Lipinski definition) is 15. The number of Topliss-reactive ketones (excluding diaryl/α,β-unsaturated/α-hetero) is 6. The number of aryl methyl sites for hydroxylation is 1. The molecule has 18 nitrogen and oxygen atoms in total. The molecule has 530 valence electrons. The highest BCUT2D eigenvalue weighted by Crippen LogP contribution is 2.35. The lowest BCUT2D eigenvalue weighted by Crippen LogP contribution is -2.55. The average Bonchev–Trinajstić information content (AvgIpc) is 1.76. The maximum atomic E-state index is 15.4. The summed E-state index contributed by atoms with van der Waals surface area (Å²) in [6.45, 7) is 47.1. The van der Waals surface area contributed by atoms with Gasteiger partial charge in [0.2, 0.25) is 29.5 Å². The van der Waals surface area contributed by atoms with Gasteiger partial charge in [-0.2, -0.15) is 0 Å². The normalized spacial score (nSPS) is 23.0. The Bertz CT molecular complexity index is 2670. The molecule has 2 aliphatic rings. The SMILES string of the molecule is CC.CC.CCC(C)[C@H](NC(=O)[C@H](C)CC(=O)[C@@H]1CSSC[C@H](NC(=O)C(CC(=O)[C@H](CC(C)(C)C)NC(C)(C)C)C(C)(C)C)C(=O)N2C[C@H](C)C[C@H]2C(=O)C[C@@H](Cc2ccc(O)c(C)c2)C(=O)N[C@@H](C)C(=O)C[C@@H](CC(C)C)C(=O)N1)C(=O)C[C@@H](C)C(=O)C(C)(C)C. The number of phenols is 1. The Balaban J connectivity index is 0.0000106. The highest BCUT2D eigenvalue weighted by Gasteiger charge is 2.45. The molecule has 1 aromatic rings. The van der Waals surface area contributed by atoms with E-state index < -0.39 is 129 Å². The van der Waals surface area contributed by atoms with E-state index in [1.165, 1.54) is 17.9 Å². The first-order valence-corrected chi connectivity index (χ1v) is 36.8. The van der Waals surface area contributed by atoms with Crippen molar-refractivity contribution in [1.29, 1.82) is 0 Å². The van der Waals surface area contributed by atoms with Gasteiger partial charge < -0.3 is 36.6 Å². The molecular formula is C73H124N6O12S2. The Morgan fingerprint density at radius 2 is 1.29 bits per heavy atom. The maximum absolute atomic E-state index is 15.4. The largest absolute Gasteiger partial charge is 0.508 e. The van der Waals surface area contributed by atoms with Gasteiger partial charge in [-0.1, -0.05) is 179 Å². The summed E-state index contributed by atoms with van der Waals surface area (Å²) in [4.78, 5) is 160. The molecule has 0 spiro atoms. The lowest BCUT2D eigenvalue weighted by atomic mass is 9.75. The van der Waals surface area contributed by atoms with E-state index in [9.17, 15) is 48.3 Å². The molecule has 20 heteroatoms. The molecule has 3 rings (SSSR count). The minimum Gasteiger partial charge on any atom is -0.508 e. The van der Waals surface area contributed by atoms with Gasteiger partial charge in [-0.25, -0.2) is 0 Å². The third kappa shape index (κ3) is 29.1. The Labute approximate surface area is 568 Å². The molecule has 2 heterocycles. The maximum Gasteiger partial charge on any atom is 0.246 e. The van der Waals surface area contributed by atoms with E-state index in [4.69, 9.17) is 0 Å². The van der Waals surface area contributed by atoms with Crippen LogP contribution < -0.4 is 26.6 Å². The van der Waals surface area contributed by atoms with Crippen molar-refractivity contribution < 1.29 is 57.8 Å². The van der Waals surface area contributed by atoms with Crippen LogP contribution >= 0.6 is 21.6 Å². The fraction of sp³-hybridized carbons (Fsp3) is 0.767. The monoisotopic (exact) mass is 1340 g/mol. The lowest BCUT2D eigenvalue weighted by molar-refractivity contribution is -0.142. The molecule has 1 aromatic carbocycles. The second kappa shape index (κ2) is 38.7. The molecule has 0 aromatic heterocycles. The summed E-state index contributed by atoms with van der Waals surface area (Å²) >= 11 is 0. The van der Waals surface area contributed by atoms with Gasteiger partial charge in [-0.15, -0.1) is 0 Å². The number of amides is 5. The number of hydrogen-bond donors (Lipinski definition) is 6. The van der Waals surface area contributed by atoms with Gasteiger partial charge in [0.25, 0.3) is 0 Å². The van der Waals surface area contributed by atoms with Crippen molar-refractivity contribution in [3.63, 3.8) is 0 Å². The Hall–Kier alpha value is -4.95. The van der Waals surface area contributed by atoms with E-state index in [-0.39, 0.29) is 116 Å². The summed E-state index contributed by atoms with van der Waals surface area (Å²) in [7, 11) is 2.31. The molecule has 2 unspecified atom stereocenters.